The summed E-state index contributed by atoms with van der Waals surface area (Å²) in [6, 6.07) is 2.15. The first-order chi connectivity index (χ1) is 7.24. The predicted molar refractivity (Wildman–Crippen MR) is 58.0 cm³/mol. The fourth-order valence-corrected chi connectivity index (χ4v) is 3.69. The van der Waals surface area contributed by atoms with Crippen LogP contribution in [-0.2, 0) is 16.7 Å². The number of carbonyl (C=O) groups is 1. The summed E-state index contributed by atoms with van der Waals surface area (Å²) in [5.74, 6) is 0. The second-order valence-corrected chi connectivity index (χ2v) is 5.26. The molecular weight excluding hydrogens is 210 g/mol. The van der Waals surface area contributed by atoms with E-state index in [0.29, 0.717) is 6.61 Å². The van der Waals surface area contributed by atoms with Crippen LogP contribution >= 0.6 is 11.3 Å². The summed E-state index contributed by atoms with van der Waals surface area (Å²) in [4.78, 5) is 14.7. The van der Waals surface area contributed by atoms with Gasteiger partial charge in [0.1, 0.15) is 12.1 Å². The van der Waals surface area contributed by atoms with E-state index in [1.807, 2.05) is 7.05 Å². The maximum atomic E-state index is 11.5. The summed E-state index contributed by atoms with van der Waals surface area (Å²) in [5.41, 5.74) is 1.15. The van der Waals surface area contributed by atoms with Crippen LogP contribution in [-0.4, -0.2) is 24.6 Å². The fourth-order valence-electron chi connectivity index (χ4n) is 2.67. The van der Waals surface area contributed by atoms with Crippen molar-refractivity contribution in [3.8, 4) is 0 Å². The second-order valence-electron chi connectivity index (χ2n) is 4.26. The third kappa shape index (κ3) is 1.08. The molecule has 2 aliphatic rings. The number of rotatable bonds is 0. The Kier molecular flexibility index (Phi) is 1.83. The highest BCUT2D eigenvalue weighted by molar-refractivity contribution is 7.10. The average Bonchev–Trinajstić information content (AvgIpc) is 2.81. The van der Waals surface area contributed by atoms with E-state index in [-0.39, 0.29) is 11.6 Å². The Balaban J connectivity index is 2.12. The van der Waals surface area contributed by atoms with Crippen LogP contribution in [0.4, 0.5) is 4.79 Å². The van der Waals surface area contributed by atoms with Gasteiger partial charge in [-0.25, -0.2) is 4.79 Å². The Hall–Kier alpha value is -1.03. The van der Waals surface area contributed by atoms with Crippen LogP contribution in [0.15, 0.2) is 11.4 Å². The third-order valence-corrected chi connectivity index (χ3v) is 4.57. The molecule has 0 saturated carbocycles. The third-order valence-electron chi connectivity index (χ3n) is 3.59. The fraction of sp³-hybridized carbons (Fsp3) is 0.545. The number of aryl methyl sites for hydroxylation is 1. The van der Waals surface area contributed by atoms with Crippen molar-refractivity contribution < 1.29 is 9.53 Å². The highest BCUT2D eigenvalue weighted by atomic mass is 32.1. The zero-order chi connectivity index (χ0) is 10.5. The Morgan fingerprint density at radius 2 is 2.47 bits per heavy atom. The van der Waals surface area contributed by atoms with E-state index in [4.69, 9.17) is 4.74 Å². The van der Waals surface area contributed by atoms with Crippen LogP contribution in [0.3, 0.4) is 0 Å². The molecule has 3 rings (SSSR count). The highest BCUT2D eigenvalue weighted by Crippen LogP contribution is 2.44. The molecule has 1 atom stereocenters. The average molecular weight is 223 g/mol. The van der Waals surface area contributed by atoms with Gasteiger partial charge in [-0.1, -0.05) is 0 Å². The number of nitrogens with zero attached hydrogens (tertiary/aromatic N) is 1. The van der Waals surface area contributed by atoms with Gasteiger partial charge in [-0.3, -0.25) is 4.90 Å². The van der Waals surface area contributed by atoms with Crippen molar-refractivity contribution in [2.45, 2.75) is 24.8 Å². The van der Waals surface area contributed by atoms with Crippen LogP contribution in [0.5, 0.6) is 0 Å². The zero-order valence-electron chi connectivity index (χ0n) is 8.66. The largest absolute Gasteiger partial charge is 0.447 e. The molecule has 1 saturated heterocycles. The molecule has 80 valence electrons. The molecule has 4 heteroatoms. The molecule has 1 aliphatic carbocycles. The lowest BCUT2D eigenvalue weighted by molar-refractivity contribution is 0.159. The van der Waals surface area contributed by atoms with E-state index in [1.165, 1.54) is 10.4 Å². The van der Waals surface area contributed by atoms with E-state index in [2.05, 4.69) is 11.4 Å². The van der Waals surface area contributed by atoms with Crippen molar-refractivity contribution in [3.05, 3.63) is 21.9 Å². The molecule has 0 radical (unpaired) electrons. The van der Waals surface area contributed by atoms with Crippen LogP contribution in [0, 0.1) is 0 Å². The van der Waals surface area contributed by atoms with E-state index in [1.54, 1.807) is 16.2 Å². The lowest BCUT2D eigenvalue weighted by atomic mass is 9.80. The topological polar surface area (TPSA) is 29.5 Å². The zero-order valence-corrected chi connectivity index (χ0v) is 9.47. The van der Waals surface area contributed by atoms with Crippen LogP contribution in [0.1, 0.15) is 23.3 Å². The van der Waals surface area contributed by atoms with Gasteiger partial charge in [0, 0.05) is 11.9 Å². The van der Waals surface area contributed by atoms with Crippen LogP contribution < -0.4 is 0 Å². The number of hydrogen-bond donors (Lipinski definition) is 0. The van der Waals surface area contributed by atoms with Crippen molar-refractivity contribution in [2.24, 2.45) is 0 Å². The SMILES string of the molecule is CN1C(=O)OCC12CCCc1sccc12. The number of thiophene rings is 1. The second kappa shape index (κ2) is 2.98. The number of cyclic esters (lactones) is 1. The molecule has 1 amide bonds. The molecule has 0 aromatic carbocycles. The number of amides is 1. The number of fused-ring (bicyclic) bond motifs is 2. The Morgan fingerprint density at radius 3 is 3.20 bits per heavy atom. The van der Waals surface area contributed by atoms with Gasteiger partial charge >= 0.3 is 6.09 Å². The monoisotopic (exact) mass is 223 g/mol. The minimum absolute atomic E-state index is 0.162. The van der Waals surface area contributed by atoms with E-state index in [0.717, 1.165) is 19.3 Å². The molecule has 1 aromatic heterocycles. The van der Waals surface area contributed by atoms with E-state index >= 15 is 0 Å². The van der Waals surface area contributed by atoms with E-state index < -0.39 is 0 Å². The molecule has 1 fully saturated rings. The van der Waals surface area contributed by atoms with Gasteiger partial charge < -0.3 is 4.74 Å². The molecular formula is C11H13NO2S. The van der Waals surface area contributed by atoms with Gasteiger partial charge in [-0.15, -0.1) is 11.3 Å². The van der Waals surface area contributed by atoms with Gasteiger partial charge in [0.25, 0.3) is 0 Å². The van der Waals surface area contributed by atoms with Crippen molar-refractivity contribution in [1.29, 1.82) is 0 Å². The molecule has 2 heterocycles. The minimum Gasteiger partial charge on any atom is -0.447 e. The molecule has 3 nitrogen and oxygen atoms in total. The van der Waals surface area contributed by atoms with Crippen molar-refractivity contribution in [2.75, 3.05) is 13.7 Å². The van der Waals surface area contributed by atoms with Crippen LogP contribution in [0.2, 0.25) is 0 Å². The molecule has 1 spiro atoms. The summed E-state index contributed by atoms with van der Waals surface area (Å²) < 4.78 is 5.18. The van der Waals surface area contributed by atoms with Gasteiger partial charge in [0.15, 0.2) is 0 Å². The molecule has 1 aliphatic heterocycles. The minimum atomic E-state index is -0.186. The summed E-state index contributed by atoms with van der Waals surface area (Å²) in [5, 5.41) is 2.12. The molecule has 1 aromatic rings. The summed E-state index contributed by atoms with van der Waals surface area (Å²) in [7, 11) is 1.85. The molecule has 15 heavy (non-hydrogen) atoms. The summed E-state index contributed by atoms with van der Waals surface area (Å²) in [6.07, 6.45) is 3.14. The van der Waals surface area contributed by atoms with Crippen molar-refractivity contribution in [3.63, 3.8) is 0 Å². The van der Waals surface area contributed by atoms with Crippen molar-refractivity contribution in [1.82, 2.24) is 4.90 Å². The Morgan fingerprint density at radius 1 is 1.60 bits per heavy atom. The van der Waals surface area contributed by atoms with Gasteiger partial charge in [-0.05, 0) is 36.3 Å². The summed E-state index contributed by atoms with van der Waals surface area (Å²) >= 11 is 1.80. The predicted octanol–water partition coefficient (Wildman–Crippen LogP) is 2.36. The van der Waals surface area contributed by atoms with Gasteiger partial charge in [0.2, 0.25) is 0 Å². The Bertz CT molecular complexity index is 414. The van der Waals surface area contributed by atoms with Crippen molar-refractivity contribution >= 4 is 17.4 Å². The maximum absolute atomic E-state index is 11.5. The normalized spacial score (nSPS) is 29.4. The maximum Gasteiger partial charge on any atom is 0.410 e. The quantitative estimate of drug-likeness (QED) is 0.675. The smallest absolute Gasteiger partial charge is 0.410 e. The molecule has 0 N–H and O–H groups in total. The number of ether oxygens (including phenoxy) is 1. The standard InChI is InChI=1S/C11H13NO2S/c1-12-10(13)14-7-11(12)5-2-3-9-8(11)4-6-15-9/h4,6H,2-3,5,7H2,1H3. The highest BCUT2D eigenvalue weighted by Gasteiger charge is 2.49. The first-order valence-electron chi connectivity index (χ1n) is 5.21. The van der Waals surface area contributed by atoms with Crippen LogP contribution in [0.25, 0.3) is 0 Å². The number of likely N-dealkylation sites (N-methyl/N-ethyl adjacent to an activating group) is 1. The molecule has 0 bridgehead atoms. The number of hydrogen-bond acceptors (Lipinski definition) is 3. The lowest BCUT2D eigenvalue weighted by Gasteiger charge is -2.36. The molecule has 1 unspecified atom stereocenters. The van der Waals surface area contributed by atoms with Gasteiger partial charge in [-0.2, -0.15) is 0 Å². The first kappa shape index (κ1) is 9.21. The number of carbonyl (C=O) groups excluding carboxylic acids is 1. The first-order valence-corrected chi connectivity index (χ1v) is 6.09. The lowest BCUT2D eigenvalue weighted by Crippen LogP contribution is -2.43. The Labute approximate surface area is 92.6 Å². The van der Waals surface area contributed by atoms with E-state index in [9.17, 15) is 4.79 Å². The summed E-state index contributed by atoms with van der Waals surface area (Å²) in [6.45, 7) is 0.520. The van der Waals surface area contributed by atoms with Gasteiger partial charge in [0.05, 0.1) is 0 Å².